The molecular formula is C19H17FN6O2. The zero-order valence-corrected chi connectivity index (χ0v) is 15.5. The van der Waals surface area contributed by atoms with Crippen molar-refractivity contribution in [1.29, 1.82) is 0 Å². The predicted octanol–water partition coefficient (Wildman–Crippen LogP) is 3.70. The van der Waals surface area contributed by atoms with E-state index in [2.05, 4.69) is 30.4 Å². The quantitative estimate of drug-likeness (QED) is 0.559. The molecule has 0 bridgehead atoms. The summed E-state index contributed by atoms with van der Waals surface area (Å²) >= 11 is 0. The van der Waals surface area contributed by atoms with Crippen LogP contribution in [0.3, 0.4) is 0 Å². The average Bonchev–Trinajstić information content (AvgIpc) is 3.14. The smallest absolute Gasteiger partial charge is 0.223 e. The lowest BCUT2D eigenvalue weighted by atomic mass is 10.1. The minimum atomic E-state index is -0.397. The zero-order chi connectivity index (χ0) is 19.7. The Labute approximate surface area is 159 Å². The van der Waals surface area contributed by atoms with E-state index >= 15 is 0 Å². The molecule has 0 amide bonds. The Morgan fingerprint density at radius 2 is 2.04 bits per heavy atom. The lowest BCUT2D eigenvalue weighted by Crippen LogP contribution is -2.10. The van der Waals surface area contributed by atoms with Gasteiger partial charge in [-0.3, -0.25) is 4.98 Å². The molecule has 0 saturated carbocycles. The standard InChI is InChI=1S/C19H17FN6O2/c1-10(18-25-11(2)28-26-18)24-19-14-6-12(15-5-4-13(20)8-21-15)7-16(27-3)17(14)22-9-23-19/h4-10H,1-3H3,(H,22,23,24)/t10-/m0/s1. The lowest BCUT2D eigenvalue weighted by molar-refractivity contribution is 0.385. The number of benzene rings is 1. The van der Waals surface area contributed by atoms with E-state index in [9.17, 15) is 4.39 Å². The molecule has 3 heterocycles. The molecule has 0 fully saturated rings. The minimum absolute atomic E-state index is 0.242. The molecule has 1 atom stereocenters. The van der Waals surface area contributed by atoms with Crippen LogP contribution in [0, 0.1) is 12.7 Å². The van der Waals surface area contributed by atoms with Gasteiger partial charge in [0.05, 0.1) is 25.0 Å². The molecule has 4 rings (SSSR count). The molecule has 0 aliphatic carbocycles. The van der Waals surface area contributed by atoms with Crippen molar-refractivity contribution in [3.63, 3.8) is 0 Å². The van der Waals surface area contributed by atoms with Gasteiger partial charge in [-0.05, 0) is 31.2 Å². The summed E-state index contributed by atoms with van der Waals surface area (Å²) in [5, 5.41) is 7.95. The maximum Gasteiger partial charge on any atom is 0.223 e. The molecule has 0 unspecified atom stereocenters. The van der Waals surface area contributed by atoms with E-state index in [1.54, 1.807) is 20.1 Å². The van der Waals surface area contributed by atoms with Crippen LogP contribution in [0.1, 0.15) is 24.7 Å². The fourth-order valence-electron chi connectivity index (χ4n) is 2.86. The van der Waals surface area contributed by atoms with Gasteiger partial charge in [-0.15, -0.1) is 0 Å². The highest BCUT2D eigenvalue weighted by atomic mass is 19.1. The van der Waals surface area contributed by atoms with Gasteiger partial charge in [-0.1, -0.05) is 5.16 Å². The van der Waals surface area contributed by atoms with E-state index in [1.807, 2.05) is 19.1 Å². The van der Waals surface area contributed by atoms with Gasteiger partial charge in [0, 0.05) is 17.9 Å². The Balaban J connectivity index is 1.80. The van der Waals surface area contributed by atoms with Crippen LogP contribution in [-0.4, -0.2) is 32.2 Å². The minimum Gasteiger partial charge on any atom is -0.494 e. The van der Waals surface area contributed by atoms with E-state index in [0.717, 1.165) is 10.9 Å². The Hall–Kier alpha value is -3.62. The van der Waals surface area contributed by atoms with E-state index in [1.165, 1.54) is 18.6 Å². The van der Waals surface area contributed by atoms with Crippen LogP contribution in [0.5, 0.6) is 5.75 Å². The summed E-state index contributed by atoms with van der Waals surface area (Å²) in [4.78, 5) is 17.1. The predicted molar refractivity (Wildman–Crippen MR) is 100 cm³/mol. The number of aryl methyl sites for hydroxylation is 1. The van der Waals surface area contributed by atoms with E-state index < -0.39 is 5.82 Å². The van der Waals surface area contributed by atoms with Crippen molar-refractivity contribution in [3.8, 4) is 17.0 Å². The molecular weight excluding hydrogens is 363 g/mol. The summed E-state index contributed by atoms with van der Waals surface area (Å²) < 4.78 is 23.8. The lowest BCUT2D eigenvalue weighted by Gasteiger charge is -2.15. The number of rotatable bonds is 5. The molecule has 0 aliphatic heterocycles. The highest BCUT2D eigenvalue weighted by molar-refractivity contribution is 5.96. The maximum absolute atomic E-state index is 13.2. The van der Waals surface area contributed by atoms with Crippen LogP contribution in [0.4, 0.5) is 10.2 Å². The van der Waals surface area contributed by atoms with Gasteiger partial charge in [0.2, 0.25) is 5.89 Å². The van der Waals surface area contributed by atoms with Crippen molar-refractivity contribution in [3.05, 3.63) is 54.3 Å². The number of halogens is 1. The number of ether oxygens (including phenoxy) is 1. The Kier molecular flexibility index (Phi) is 4.56. The molecule has 1 N–H and O–H groups in total. The van der Waals surface area contributed by atoms with Crippen LogP contribution < -0.4 is 10.1 Å². The highest BCUT2D eigenvalue weighted by Crippen LogP contribution is 2.34. The van der Waals surface area contributed by atoms with Crippen molar-refractivity contribution in [2.45, 2.75) is 19.9 Å². The first-order valence-corrected chi connectivity index (χ1v) is 8.56. The van der Waals surface area contributed by atoms with Gasteiger partial charge in [-0.25, -0.2) is 14.4 Å². The van der Waals surface area contributed by atoms with Crippen LogP contribution in [0.2, 0.25) is 0 Å². The normalized spacial score (nSPS) is 12.1. The molecule has 9 heteroatoms. The second-order valence-electron chi connectivity index (χ2n) is 6.20. The molecule has 0 saturated heterocycles. The molecule has 3 aromatic heterocycles. The van der Waals surface area contributed by atoms with Crippen molar-refractivity contribution in [1.82, 2.24) is 25.1 Å². The van der Waals surface area contributed by atoms with E-state index in [0.29, 0.717) is 34.5 Å². The number of nitrogens with zero attached hydrogens (tertiary/aromatic N) is 5. The third-order valence-electron chi connectivity index (χ3n) is 4.23. The molecule has 142 valence electrons. The second kappa shape index (κ2) is 7.18. The van der Waals surface area contributed by atoms with Crippen molar-refractivity contribution in [2.24, 2.45) is 0 Å². The van der Waals surface area contributed by atoms with Gasteiger partial charge in [0.15, 0.2) is 5.82 Å². The summed E-state index contributed by atoms with van der Waals surface area (Å²) in [6.45, 7) is 3.64. The number of hydrogen-bond donors (Lipinski definition) is 1. The first kappa shape index (κ1) is 17.8. The number of hydrogen-bond acceptors (Lipinski definition) is 8. The molecule has 0 spiro atoms. The summed E-state index contributed by atoms with van der Waals surface area (Å²) in [5.74, 6) is 1.76. The maximum atomic E-state index is 13.2. The summed E-state index contributed by atoms with van der Waals surface area (Å²) in [5.41, 5.74) is 2.01. The van der Waals surface area contributed by atoms with Crippen molar-refractivity contribution >= 4 is 16.7 Å². The highest BCUT2D eigenvalue weighted by Gasteiger charge is 2.17. The topological polar surface area (TPSA) is 98.8 Å². The van der Waals surface area contributed by atoms with Crippen LogP contribution >= 0.6 is 0 Å². The molecule has 0 aliphatic rings. The van der Waals surface area contributed by atoms with Gasteiger partial charge in [0.25, 0.3) is 0 Å². The molecule has 0 radical (unpaired) electrons. The molecule has 4 aromatic rings. The molecule has 28 heavy (non-hydrogen) atoms. The van der Waals surface area contributed by atoms with E-state index in [4.69, 9.17) is 9.26 Å². The Morgan fingerprint density at radius 1 is 1.18 bits per heavy atom. The van der Waals surface area contributed by atoms with Gasteiger partial charge in [0.1, 0.15) is 29.2 Å². The number of aromatic nitrogens is 5. The number of nitrogens with one attached hydrogen (secondary N) is 1. The van der Waals surface area contributed by atoms with Gasteiger partial charge < -0.3 is 14.6 Å². The summed E-state index contributed by atoms with van der Waals surface area (Å²) in [6.07, 6.45) is 2.63. The molecule has 1 aromatic carbocycles. The second-order valence-corrected chi connectivity index (χ2v) is 6.20. The van der Waals surface area contributed by atoms with Crippen LogP contribution in [0.15, 0.2) is 41.3 Å². The number of fused-ring (bicyclic) bond motifs is 1. The number of anilines is 1. The van der Waals surface area contributed by atoms with Crippen LogP contribution in [-0.2, 0) is 0 Å². The summed E-state index contributed by atoms with van der Waals surface area (Å²) in [6, 6.07) is 6.42. The fraction of sp³-hybridized carbons (Fsp3) is 0.211. The van der Waals surface area contributed by atoms with E-state index in [-0.39, 0.29) is 6.04 Å². The third-order valence-corrected chi connectivity index (χ3v) is 4.23. The third kappa shape index (κ3) is 3.34. The largest absolute Gasteiger partial charge is 0.494 e. The fourth-order valence-corrected chi connectivity index (χ4v) is 2.86. The SMILES string of the molecule is COc1cc(-c2ccc(F)cn2)cc2c(N[C@@H](C)c3noc(C)n3)ncnc12. The monoisotopic (exact) mass is 380 g/mol. The first-order chi connectivity index (χ1) is 13.5. The van der Waals surface area contributed by atoms with Crippen molar-refractivity contribution in [2.75, 3.05) is 12.4 Å². The Bertz CT molecular complexity index is 1130. The number of pyridine rings is 1. The first-order valence-electron chi connectivity index (χ1n) is 8.56. The Morgan fingerprint density at radius 3 is 2.71 bits per heavy atom. The van der Waals surface area contributed by atoms with Gasteiger partial charge in [-0.2, -0.15) is 4.98 Å². The summed E-state index contributed by atoms with van der Waals surface area (Å²) in [7, 11) is 1.57. The zero-order valence-electron chi connectivity index (χ0n) is 15.5. The van der Waals surface area contributed by atoms with Crippen LogP contribution in [0.25, 0.3) is 22.2 Å². The molecule has 8 nitrogen and oxygen atoms in total. The van der Waals surface area contributed by atoms with Gasteiger partial charge >= 0.3 is 0 Å². The van der Waals surface area contributed by atoms with Crippen molar-refractivity contribution < 1.29 is 13.7 Å². The average molecular weight is 380 g/mol. The number of methoxy groups -OCH3 is 1.